The number of unbranched alkanes of at least 4 members (excludes halogenated alkanes) is 1. The molecule has 0 bridgehead atoms. The van der Waals surface area contributed by atoms with E-state index in [2.05, 4.69) is 19.1 Å². The van der Waals surface area contributed by atoms with Gasteiger partial charge in [0.2, 0.25) is 5.78 Å². The molecule has 1 aromatic rings. The lowest BCUT2D eigenvalue weighted by Gasteiger charge is -2.39. The summed E-state index contributed by atoms with van der Waals surface area (Å²) in [7, 11) is 1.55. The maximum Gasteiger partial charge on any atom is 0.205 e. The predicted molar refractivity (Wildman–Crippen MR) is 97.6 cm³/mol. The molecule has 0 saturated carbocycles. The highest BCUT2D eigenvalue weighted by molar-refractivity contribution is 6.14. The van der Waals surface area contributed by atoms with Gasteiger partial charge in [-0.05, 0) is 50.8 Å². The number of allylic oxidation sites excluding steroid dienone is 2. The van der Waals surface area contributed by atoms with Crippen LogP contribution in [-0.4, -0.2) is 24.6 Å². The van der Waals surface area contributed by atoms with Crippen LogP contribution >= 0.6 is 0 Å². The van der Waals surface area contributed by atoms with Gasteiger partial charge < -0.3 is 9.47 Å². The molecular weight excluding hydrogens is 300 g/mol. The zero-order valence-corrected chi connectivity index (χ0v) is 15.4. The minimum Gasteiger partial charge on any atom is -0.491 e. The lowest BCUT2D eigenvalue weighted by molar-refractivity contribution is -0.142. The average Bonchev–Trinajstić information content (AvgIpc) is 2.60. The lowest BCUT2D eigenvalue weighted by Crippen LogP contribution is -2.51. The third-order valence-corrected chi connectivity index (χ3v) is 4.38. The van der Waals surface area contributed by atoms with Crippen molar-refractivity contribution in [1.82, 2.24) is 0 Å². The molecule has 0 N–H and O–H groups in total. The molecule has 1 aliphatic rings. The summed E-state index contributed by atoms with van der Waals surface area (Å²) in [5.41, 5.74) is 2.01. The molecule has 3 nitrogen and oxygen atoms in total. The molecule has 0 spiro atoms. The topological polar surface area (TPSA) is 35.5 Å². The first kappa shape index (κ1) is 18.5. The van der Waals surface area contributed by atoms with Crippen molar-refractivity contribution in [3.8, 4) is 0 Å². The Hall–Kier alpha value is -1.87. The van der Waals surface area contributed by atoms with Crippen LogP contribution in [0.5, 0.6) is 0 Å². The van der Waals surface area contributed by atoms with Crippen LogP contribution in [0.15, 0.2) is 47.7 Å². The Balaban J connectivity index is 2.45. The van der Waals surface area contributed by atoms with E-state index < -0.39 is 5.60 Å². The zero-order chi connectivity index (χ0) is 17.7. The molecule has 24 heavy (non-hydrogen) atoms. The van der Waals surface area contributed by atoms with E-state index in [0.717, 1.165) is 24.8 Å². The van der Waals surface area contributed by atoms with Crippen molar-refractivity contribution in [2.24, 2.45) is 0 Å². The summed E-state index contributed by atoms with van der Waals surface area (Å²) >= 11 is 0. The van der Waals surface area contributed by atoms with Crippen LogP contribution in [0.2, 0.25) is 0 Å². The fraction of sp³-hybridized carbons (Fsp3) is 0.476. The Morgan fingerprint density at radius 3 is 2.46 bits per heavy atom. The van der Waals surface area contributed by atoms with E-state index in [9.17, 15) is 4.79 Å². The van der Waals surface area contributed by atoms with Gasteiger partial charge in [-0.1, -0.05) is 43.7 Å². The third kappa shape index (κ3) is 3.62. The van der Waals surface area contributed by atoms with Crippen molar-refractivity contribution < 1.29 is 14.3 Å². The second kappa shape index (κ2) is 7.80. The Morgan fingerprint density at radius 2 is 1.92 bits per heavy atom. The quantitative estimate of drug-likeness (QED) is 0.679. The molecule has 0 aromatic heterocycles. The van der Waals surface area contributed by atoms with Crippen molar-refractivity contribution >= 4 is 11.4 Å². The molecule has 1 unspecified atom stereocenters. The fourth-order valence-corrected chi connectivity index (χ4v) is 2.88. The second-order valence-corrected chi connectivity index (χ2v) is 6.62. The molecule has 1 atom stereocenters. The van der Waals surface area contributed by atoms with E-state index in [-0.39, 0.29) is 11.9 Å². The molecular formula is C21H28O3. The van der Waals surface area contributed by atoms with Crippen LogP contribution in [0.3, 0.4) is 0 Å². The fourth-order valence-electron chi connectivity index (χ4n) is 2.88. The van der Waals surface area contributed by atoms with Gasteiger partial charge in [-0.15, -0.1) is 0 Å². The van der Waals surface area contributed by atoms with E-state index in [1.54, 1.807) is 14.0 Å². The highest BCUT2D eigenvalue weighted by atomic mass is 16.6. The smallest absolute Gasteiger partial charge is 0.205 e. The predicted octanol–water partition coefficient (Wildman–Crippen LogP) is 4.93. The number of methoxy groups -OCH3 is 1. The summed E-state index contributed by atoms with van der Waals surface area (Å²) < 4.78 is 11.3. The van der Waals surface area contributed by atoms with Crippen LogP contribution < -0.4 is 0 Å². The van der Waals surface area contributed by atoms with Crippen LogP contribution in [-0.2, 0) is 14.3 Å². The summed E-state index contributed by atoms with van der Waals surface area (Å²) in [5, 5.41) is 0. The number of Topliss-reactive ketones (excluding diaryl/α,β-unsaturated/α-hetero) is 1. The first-order chi connectivity index (χ1) is 11.4. The van der Waals surface area contributed by atoms with Gasteiger partial charge >= 0.3 is 0 Å². The molecule has 0 amide bonds. The zero-order valence-electron chi connectivity index (χ0n) is 15.4. The standard InChI is InChI=1S/C21H28O3/c1-6-7-11-17(16-12-9-8-10-13-16)14-18-19(22)21(4,23-5)20(18)24-15(2)3/h8-10,12-15H,6-7,11H2,1-5H3/b17-14+. The number of ketones is 1. The second-order valence-electron chi connectivity index (χ2n) is 6.62. The summed E-state index contributed by atoms with van der Waals surface area (Å²) in [5.74, 6) is 0.639. The van der Waals surface area contributed by atoms with E-state index in [0.29, 0.717) is 11.3 Å². The van der Waals surface area contributed by atoms with E-state index in [4.69, 9.17) is 9.47 Å². The highest BCUT2D eigenvalue weighted by Crippen LogP contribution is 2.41. The molecule has 0 fully saturated rings. The maximum atomic E-state index is 12.6. The third-order valence-electron chi connectivity index (χ3n) is 4.38. The van der Waals surface area contributed by atoms with Crippen LogP contribution in [0.4, 0.5) is 0 Å². The van der Waals surface area contributed by atoms with Gasteiger partial charge in [-0.3, -0.25) is 4.79 Å². The number of carbonyl (C=O) groups excluding carboxylic acids is 1. The minimum absolute atomic E-state index is 0.00166. The van der Waals surface area contributed by atoms with Crippen LogP contribution in [0, 0.1) is 0 Å². The minimum atomic E-state index is -0.956. The Bertz CT molecular complexity index is 640. The summed E-state index contributed by atoms with van der Waals surface area (Å²) in [6.45, 7) is 7.87. The Morgan fingerprint density at radius 1 is 1.25 bits per heavy atom. The van der Waals surface area contributed by atoms with Crippen LogP contribution in [0.25, 0.3) is 5.57 Å². The number of benzene rings is 1. The van der Waals surface area contributed by atoms with E-state index in [1.165, 1.54) is 5.57 Å². The summed E-state index contributed by atoms with van der Waals surface area (Å²) in [6.07, 6.45) is 5.13. The summed E-state index contributed by atoms with van der Waals surface area (Å²) in [6, 6.07) is 10.2. The van der Waals surface area contributed by atoms with Gasteiger partial charge in [0.25, 0.3) is 0 Å². The van der Waals surface area contributed by atoms with Gasteiger partial charge in [-0.2, -0.15) is 0 Å². The van der Waals surface area contributed by atoms with Crippen LogP contribution in [0.1, 0.15) is 52.5 Å². The Kier molecular flexibility index (Phi) is 6.00. The first-order valence-electron chi connectivity index (χ1n) is 8.71. The Labute approximate surface area is 145 Å². The molecule has 3 heteroatoms. The first-order valence-corrected chi connectivity index (χ1v) is 8.71. The SMILES string of the molecule is CCCC/C(=C\C1=C(OC(C)C)C(C)(OC)C1=O)c1ccccc1. The van der Waals surface area contributed by atoms with E-state index >= 15 is 0 Å². The molecule has 130 valence electrons. The van der Waals surface area contributed by atoms with Crippen molar-refractivity contribution in [1.29, 1.82) is 0 Å². The molecule has 0 radical (unpaired) electrons. The number of carbonyl (C=O) groups is 1. The monoisotopic (exact) mass is 328 g/mol. The molecule has 2 rings (SSSR count). The van der Waals surface area contributed by atoms with Gasteiger partial charge in [0, 0.05) is 7.11 Å². The molecule has 1 aromatic carbocycles. The molecule has 0 heterocycles. The number of hydrogen-bond donors (Lipinski definition) is 0. The van der Waals surface area contributed by atoms with Crippen molar-refractivity contribution in [3.63, 3.8) is 0 Å². The normalized spacial score (nSPS) is 21.2. The number of rotatable bonds is 8. The largest absolute Gasteiger partial charge is 0.491 e. The van der Waals surface area contributed by atoms with Gasteiger partial charge in [0.1, 0.15) is 5.76 Å². The molecule has 1 aliphatic carbocycles. The van der Waals surface area contributed by atoms with Crippen molar-refractivity contribution in [2.75, 3.05) is 7.11 Å². The number of hydrogen-bond acceptors (Lipinski definition) is 3. The van der Waals surface area contributed by atoms with Gasteiger partial charge in [-0.25, -0.2) is 0 Å². The van der Waals surface area contributed by atoms with E-state index in [1.807, 2.05) is 38.1 Å². The average molecular weight is 328 g/mol. The molecule has 0 saturated heterocycles. The lowest BCUT2D eigenvalue weighted by atomic mass is 9.77. The van der Waals surface area contributed by atoms with Gasteiger partial charge in [0.15, 0.2) is 5.60 Å². The van der Waals surface area contributed by atoms with Gasteiger partial charge in [0.05, 0.1) is 11.7 Å². The highest BCUT2D eigenvalue weighted by Gasteiger charge is 2.52. The van der Waals surface area contributed by atoms with Crippen molar-refractivity contribution in [3.05, 3.63) is 53.3 Å². The molecule has 0 aliphatic heterocycles. The number of ether oxygens (including phenoxy) is 2. The van der Waals surface area contributed by atoms with Crippen molar-refractivity contribution in [2.45, 2.75) is 58.7 Å². The summed E-state index contributed by atoms with van der Waals surface area (Å²) in [4.78, 5) is 12.6. The maximum absolute atomic E-state index is 12.6.